The summed E-state index contributed by atoms with van der Waals surface area (Å²) in [5.41, 5.74) is 0. The minimum atomic E-state index is 0.170. The smallest absolute Gasteiger partial charge is 0.221 e. The maximum atomic E-state index is 6.07. The number of pyridine rings is 1. The molecule has 1 aromatic carbocycles. The molecule has 0 amide bonds. The van der Waals surface area contributed by atoms with Gasteiger partial charge in [-0.15, -0.1) is 0 Å². The van der Waals surface area contributed by atoms with E-state index in [0.717, 1.165) is 29.4 Å². The molecule has 4 heteroatoms. The molecule has 0 fully saturated rings. The van der Waals surface area contributed by atoms with Gasteiger partial charge in [0.25, 0.3) is 0 Å². The van der Waals surface area contributed by atoms with Crippen molar-refractivity contribution in [3.8, 4) is 11.6 Å². The SMILES string of the molecule is CCC(CC)Oc1ncc(OC)c2ccc(Cl)cc12. The third-order valence-corrected chi connectivity index (χ3v) is 3.42. The number of aromatic nitrogens is 1. The highest BCUT2D eigenvalue weighted by Gasteiger charge is 2.13. The van der Waals surface area contributed by atoms with E-state index >= 15 is 0 Å². The van der Waals surface area contributed by atoms with Crippen LogP contribution in [0.2, 0.25) is 5.02 Å². The van der Waals surface area contributed by atoms with Crippen molar-refractivity contribution < 1.29 is 9.47 Å². The van der Waals surface area contributed by atoms with E-state index in [1.54, 1.807) is 13.3 Å². The van der Waals surface area contributed by atoms with Crippen LogP contribution < -0.4 is 9.47 Å². The summed E-state index contributed by atoms with van der Waals surface area (Å²) in [6.07, 6.45) is 3.76. The third-order valence-electron chi connectivity index (χ3n) is 3.19. The number of hydrogen-bond donors (Lipinski definition) is 0. The van der Waals surface area contributed by atoms with Gasteiger partial charge in [0.15, 0.2) is 0 Å². The van der Waals surface area contributed by atoms with Gasteiger partial charge in [-0.1, -0.05) is 25.4 Å². The van der Waals surface area contributed by atoms with Gasteiger partial charge in [-0.05, 0) is 31.0 Å². The average molecular weight is 280 g/mol. The Morgan fingerprint density at radius 2 is 1.95 bits per heavy atom. The number of rotatable bonds is 5. The zero-order chi connectivity index (χ0) is 13.8. The topological polar surface area (TPSA) is 31.4 Å². The zero-order valence-corrected chi connectivity index (χ0v) is 12.2. The molecule has 19 heavy (non-hydrogen) atoms. The van der Waals surface area contributed by atoms with Gasteiger partial charge < -0.3 is 9.47 Å². The van der Waals surface area contributed by atoms with Crippen molar-refractivity contribution in [2.24, 2.45) is 0 Å². The Hall–Kier alpha value is -1.48. The maximum Gasteiger partial charge on any atom is 0.221 e. The van der Waals surface area contributed by atoms with Crippen molar-refractivity contribution in [1.82, 2.24) is 4.98 Å². The van der Waals surface area contributed by atoms with E-state index in [1.807, 2.05) is 18.2 Å². The summed E-state index contributed by atoms with van der Waals surface area (Å²) in [4.78, 5) is 4.35. The van der Waals surface area contributed by atoms with Crippen LogP contribution in [0.1, 0.15) is 26.7 Å². The van der Waals surface area contributed by atoms with Crippen LogP contribution in [0.4, 0.5) is 0 Å². The molecular weight excluding hydrogens is 262 g/mol. The highest BCUT2D eigenvalue weighted by atomic mass is 35.5. The van der Waals surface area contributed by atoms with Crippen LogP contribution >= 0.6 is 11.6 Å². The lowest BCUT2D eigenvalue weighted by atomic mass is 10.1. The molecule has 0 aliphatic heterocycles. The van der Waals surface area contributed by atoms with Crippen LogP contribution in [-0.4, -0.2) is 18.2 Å². The fourth-order valence-corrected chi connectivity index (χ4v) is 2.21. The molecule has 0 aliphatic carbocycles. The summed E-state index contributed by atoms with van der Waals surface area (Å²) < 4.78 is 11.3. The highest BCUT2D eigenvalue weighted by molar-refractivity contribution is 6.31. The number of halogens is 1. The van der Waals surface area contributed by atoms with E-state index in [4.69, 9.17) is 21.1 Å². The summed E-state index contributed by atoms with van der Waals surface area (Å²) >= 11 is 6.07. The third kappa shape index (κ3) is 2.92. The van der Waals surface area contributed by atoms with Gasteiger partial charge in [-0.2, -0.15) is 0 Å². The number of benzene rings is 1. The summed E-state index contributed by atoms with van der Waals surface area (Å²) in [5, 5.41) is 2.51. The first-order chi connectivity index (χ1) is 9.19. The molecule has 2 aromatic rings. The number of hydrogen-bond acceptors (Lipinski definition) is 3. The maximum absolute atomic E-state index is 6.07. The number of fused-ring (bicyclic) bond motifs is 1. The molecule has 0 unspecified atom stereocenters. The van der Waals surface area contributed by atoms with Crippen molar-refractivity contribution >= 4 is 22.4 Å². The first-order valence-electron chi connectivity index (χ1n) is 6.48. The van der Waals surface area contributed by atoms with E-state index in [9.17, 15) is 0 Å². The second-order valence-corrected chi connectivity index (χ2v) is 4.81. The Morgan fingerprint density at radius 1 is 1.21 bits per heavy atom. The minimum Gasteiger partial charge on any atom is -0.494 e. The number of nitrogens with zero attached hydrogens (tertiary/aromatic N) is 1. The molecule has 0 N–H and O–H groups in total. The first kappa shape index (κ1) is 13.9. The molecule has 0 spiro atoms. The second kappa shape index (κ2) is 6.11. The van der Waals surface area contributed by atoms with Gasteiger partial charge in [0.2, 0.25) is 5.88 Å². The molecular formula is C15H18ClNO2. The molecule has 3 nitrogen and oxygen atoms in total. The van der Waals surface area contributed by atoms with Gasteiger partial charge in [-0.3, -0.25) is 0 Å². The number of ether oxygens (including phenoxy) is 2. The van der Waals surface area contributed by atoms with Gasteiger partial charge in [0.05, 0.1) is 19.4 Å². The lowest BCUT2D eigenvalue weighted by Gasteiger charge is -2.17. The molecule has 102 valence electrons. The van der Waals surface area contributed by atoms with Crippen LogP contribution in [-0.2, 0) is 0 Å². The lowest BCUT2D eigenvalue weighted by Crippen LogP contribution is -2.14. The Kier molecular flexibility index (Phi) is 4.48. The van der Waals surface area contributed by atoms with Crippen molar-refractivity contribution in [3.63, 3.8) is 0 Å². The van der Waals surface area contributed by atoms with Gasteiger partial charge >= 0.3 is 0 Å². The Balaban J connectivity index is 2.52. The zero-order valence-electron chi connectivity index (χ0n) is 11.4. The van der Waals surface area contributed by atoms with Gasteiger partial charge in [0, 0.05) is 15.8 Å². The second-order valence-electron chi connectivity index (χ2n) is 4.38. The largest absolute Gasteiger partial charge is 0.494 e. The van der Waals surface area contributed by atoms with E-state index in [-0.39, 0.29) is 6.10 Å². The van der Waals surface area contributed by atoms with E-state index < -0.39 is 0 Å². The van der Waals surface area contributed by atoms with Crippen LogP contribution in [0.5, 0.6) is 11.6 Å². The standard InChI is InChI=1S/C15H18ClNO2/c1-4-11(5-2)19-15-13-8-10(16)6-7-12(13)14(18-3)9-17-15/h6-9,11H,4-5H2,1-3H3. The monoisotopic (exact) mass is 279 g/mol. The molecule has 2 rings (SSSR count). The summed E-state index contributed by atoms with van der Waals surface area (Å²) in [6, 6.07) is 5.63. The van der Waals surface area contributed by atoms with Crippen molar-refractivity contribution in [2.45, 2.75) is 32.8 Å². The first-order valence-corrected chi connectivity index (χ1v) is 6.86. The molecule has 0 atom stereocenters. The Morgan fingerprint density at radius 3 is 2.58 bits per heavy atom. The summed E-state index contributed by atoms with van der Waals surface area (Å²) in [5.74, 6) is 1.34. The van der Waals surface area contributed by atoms with E-state index in [0.29, 0.717) is 10.9 Å². The predicted molar refractivity (Wildman–Crippen MR) is 78.3 cm³/mol. The quantitative estimate of drug-likeness (QED) is 0.809. The number of methoxy groups -OCH3 is 1. The van der Waals surface area contributed by atoms with E-state index in [1.165, 1.54) is 0 Å². The normalized spacial score (nSPS) is 11.0. The van der Waals surface area contributed by atoms with Crippen molar-refractivity contribution in [1.29, 1.82) is 0 Å². The highest BCUT2D eigenvalue weighted by Crippen LogP contribution is 2.33. The molecule has 0 radical (unpaired) electrons. The van der Waals surface area contributed by atoms with Gasteiger partial charge in [-0.25, -0.2) is 4.98 Å². The summed E-state index contributed by atoms with van der Waals surface area (Å²) in [7, 11) is 1.63. The lowest BCUT2D eigenvalue weighted by molar-refractivity contribution is 0.187. The van der Waals surface area contributed by atoms with Crippen LogP contribution in [0.3, 0.4) is 0 Å². The van der Waals surface area contributed by atoms with Gasteiger partial charge in [0.1, 0.15) is 5.75 Å². The minimum absolute atomic E-state index is 0.170. The molecule has 1 heterocycles. The van der Waals surface area contributed by atoms with Crippen LogP contribution in [0.15, 0.2) is 24.4 Å². The average Bonchev–Trinajstić information content (AvgIpc) is 2.44. The summed E-state index contributed by atoms with van der Waals surface area (Å²) in [6.45, 7) is 4.21. The van der Waals surface area contributed by atoms with E-state index in [2.05, 4.69) is 18.8 Å². The van der Waals surface area contributed by atoms with Crippen molar-refractivity contribution in [3.05, 3.63) is 29.4 Å². The van der Waals surface area contributed by atoms with Crippen LogP contribution in [0.25, 0.3) is 10.8 Å². The Bertz CT molecular complexity index is 567. The fraction of sp³-hybridized carbons (Fsp3) is 0.400. The fourth-order valence-electron chi connectivity index (χ4n) is 2.03. The van der Waals surface area contributed by atoms with Crippen LogP contribution in [0, 0.1) is 0 Å². The Labute approximate surface area is 118 Å². The predicted octanol–water partition coefficient (Wildman–Crippen LogP) is 4.46. The molecule has 0 bridgehead atoms. The molecule has 1 aromatic heterocycles. The van der Waals surface area contributed by atoms with Crippen molar-refractivity contribution in [2.75, 3.05) is 7.11 Å². The molecule has 0 aliphatic rings. The molecule has 0 saturated carbocycles. The molecule has 0 saturated heterocycles.